The highest BCUT2D eigenvalue weighted by Gasteiger charge is 2.38. The number of ether oxygens (including phenoxy) is 2. The molecule has 0 amide bonds. The van der Waals surface area contributed by atoms with Crippen molar-refractivity contribution >= 4 is 0 Å². The lowest BCUT2D eigenvalue weighted by atomic mass is 9.88. The van der Waals surface area contributed by atoms with E-state index in [1.807, 2.05) is 13.8 Å². The molecule has 3 nitrogen and oxygen atoms in total. The van der Waals surface area contributed by atoms with Crippen molar-refractivity contribution in [1.29, 1.82) is 0 Å². The standard InChI is InChI=1S/C13H26O3/c1-3-15-11-12(14)13(16-4-2)9-7-5-6-8-10-13/h12,14H,3-11H2,1-2H3. The molecule has 1 N–H and O–H groups in total. The molecular weight excluding hydrogens is 204 g/mol. The Kier molecular flexibility index (Phi) is 6.32. The highest BCUT2D eigenvalue weighted by atomic mass is 16.5. The van der Waals surface area contributed by atoms with E-state index in [0.29, 0.717) is 19.8 Å². The van der Waals surface area contributed by atoms with E-state index >= 15 is 0 Å². The zero-order chi connectivity index (χ0) is 11.9. The summed E-state index contributed by atoms with van der Waals surface area (Å²) in [7, 11) is 0. The number of hydrogen-bond donors (Lipinski definition) is 1. The summed E-state index contributed by atoms with van der Waals surface area (Å²) >= 11 is 0. The van der Waals surface area contributed by atoms with E-state index in [0.717, 1.165) is 25.7 Å². The average molecular weight is 230 g/mol. The van der Waals surface area contributed by atoms with Crippen LogP contribution in [0.1, 0.15) is 52.4 Å². The van der Waals surface area contributed by atoms with Crippen molar-refractivity contribution < 1.29 is 14.6 Å². The third-order valence-electron chi connectivity index (χ3n) is 3.47. The Morgan fingerprint density at radius 1 is 1.06 bits per heavy atom. The number of hydrogen-bond acceptors (Lipinski definition) is 3. The number of rotatable bonds is 6. The van der Waals surface area contributed by atoms with Crippen LogP contribution in [0.15, 0.2) is 0 Å². The van der Waals surface area contributed by atoms with Gasteiger partial charge in [0.05, 0.1) is 12.2 Å². The van der Waals surface area contributed by atoms with Crippen LogP contribution in [0.3, 0.4) is 0 Å². The van der Waals surface area contributed by atoms with Crippen LogP contribution in [0.4, 0.5) is 0 Å². The summed E-state index contributed by atoms with van der Waals surface area (Å²) in [5.41, 5.74) is -0.347. The van der Waals surface area contributed by atoms with Gasteiger partial charge in [0.1, 0.15) is 6.10 Å². The van der Waals surface area contributed by atoms with Crippen LogP contribution in [0, 0.1) is 0 Å². The van der Waals surface area contributed by atoms with E-state index in [1.54, 1.807) is 0 Å². The molecule has 0 aromatic carbocycles. The lowest BCUT2D eigenvalue weighted by Gasteiger charge is -2.37. The van der Waals surface area contributed by atoms with Gasteiger partial charge in [-0.05, 0) is 26.7 Å². The van der Waals surface area contributed by atoms with Gasteiger partial charge in [-0.15, -0.1) is 0 Å². The fraction of sp³-hybridized carbons (Fsp3) is 1.00. The molecule has 0 aliphatic heterocycles. The first-order valence-electron chi connectivity index (χ1n) is 6.65. The van der Waals surface area contributed by atoms with Crippen LogP contribution in [-0.4, -0.2) is 36.6 Å². The molecule has 1 atom stereocenters. The first-order valence-corrected chi connectivity index (χ1v) is 6.65. The molecule has 1 aliphatic carbocycles. The molecular formula is C13H26O3. The lowest BCUT2D eigenvalue weighted by Crippen LogP contribution is -2.47. The molecule has 0 aromatic heterocycles. The zero-order valence-corrected chi connectivity index (χ0v) is 10.7. The molecule has 0 heterocycles. The Bertz CT molecular complexity index is 174. The minimum atomic E-state index is -0.481. The number of aliphatic hydroxyl groups is 1. The second-order valence-electron chi connectivity index (χ2n) is 4.59. The maximum atomic E-state index is 10.3. The van der Waals surface area contributed by atoms with E-state index in [-0.39, 0.29) is 5.60 Å². The third-order valence-corrected chi connectivity index (χ3v) is 3.47. The predicted molar refractivity (Wildman–Crippen MR) is 64.6 cm³/mol. The van der Waals surface area contributed by atoms with Crippen LogP contribution < -0.4 is 0 Å². The summed E-state index contributed by atoms with van der Waals surface area (Å²) in [5.74, 6) is 0. The summed E-state index contributed by atoms with van der Waals surface area (Å²) in [5, 5.41) is 10.3. The van der Waals surface area contributed by atoms with Gasteiger partial charge >= 0.3 is 0 Å². The molecule has 0 aromatic rings. The molecule has 0 saturated heterocycles. The summed E-state index contributed by atoms with van der Waals surface area (Å²) in [4.78, 5) is 0. The van der Waals surface area contributed by atoms with Crippen LogP contribution in [-0.2, 0) is 9.47 Å². The van der Waals surface area contributed by atoms with Crippen molar-refractivity contribution in [3.05, 3.63) is 0 Å². The normalized spacial score (nSPS) is 22.7. The first-order chi connectivity index (χ1) is 7.75. The second-order valence-corrected chi connectivity index (χ2v) is 4.59. The van der Waals surface area contributed by atoms with Gasteiger partial charge in [0.25, 0.3) is 0 Å². The van der Waals surface area contributed by atoms with Gasteiger partial charge in [-0.3, -0.25) is 0 Å². The molecule has 16 heavy (non-hydrogen) atoms. The Hall–Kier alpha value is -0.120. The van der Waals surface area contributed by atoms with Gasteiger partial charge in [-0.1, -0.05) is 25.7 Å². The average Bonchev–Trinajstić information content (AvgIpc) is 2.53. The van der Waals surface area contributed by atoms with Gasteiger partial charge in [-0.25, -0.2) is 0 Å². The van der Waals surface area contributed by atoms with Gasteiger partial charge in [0, 0.05) is 13.2 Å². The van der Waals surface area contributed by atoms with E-state index in [4.69, 9.17) is 9.47 Å². The molecule has 0 radical (unpaired) electrons. The van der Waals surface area contributed by atoms with Gasteiger partial charge in [-0.2, -0.15) is 0 Å². The Morgan fingerprint density at radius 2 is 1.69 bits per heavy atom. The molecule has 1 rings (SSSR count). The van der Waals surface area contributed by atoms with Crippen LogP contribution in [0.5, 0.6) is 0 Å². The summed E-state index contributed by atoms with van der Waals surface area (Å²) < 4.78 is 11.2. The largest absolute Gasteiger partial charge is 0.388 e. The van der Waals surface area contributed by atoms with E-state index in [1.165, 1.54) is 12.8 Å². The fourth-order valence-electron chi connectivity index (χ4n) is 2.57. The molecule has 0 spiro atoms. The Morgan fingerprint density at radius 3 is 2.19 bits per heavy atom. The van der Waals surface area contributed by atoms with Crippen molar-refractivity contribution in [2.75, 3.05) is 19.8 Å². The minimum Gasteiger partial charge on any atom is -0.388 e. The molecule has 96 valence electrons. The zero-order valence-electron chi connectivity index (χ0n) is 10.7. The van der Waals surface area contributed by atoms with Crippen molar-refractivity contribution in [3.8, 4) is 0 Å². The van der Waals surface area contributed by atoms with Crippen LogP contribution in [0.25, 0.3) is 0 Å². The van der Waals surface area contributed by atoms with Crippen LogP contribution >= 0.6 is 0 Å². The highest BCUT2D eigenvalue weighted by Crippen LogP contribution is 2.33. The molecule has 1 aliphatic rings. The third kappa shape index (κ3) is 3.72. The molecule has 1 unspecified atom stereocenters. The molecule has 1 saturated carbocycles. The van der Waals surface area contributed by atoms with Crippen molar-refractivity contribution in [2.45, 2.75) is 64.1 Å². The molecule has 0 bridgehead atoms. The number of aliphatic hydroxyl groups excluding tert-OH is 1. The van der Waals surface area contributed by atoms with Crippen molar-refractivity contribution in [2.24, 2.45) is 0 Å². The first kappa shape index (κ1) is 13.9. The van der Waals surface area contributed by atoms with E-state index in [9.17, 15) is 5.11 Å². The van der Waals surface area contributed by atoms with Crippen molar-refractivity contribution in [3.63, 3.8) is 0 Å². The molecule has 1 fully saturated rings. The Balaban J connectivity index is 2.60. The summed E-state index contributed by atoms with van der Waals surface area (Å²) in [6.45, 7) is 5.67. The van der Waals surface area contributed by atoms with Crippen LogP contribution in [0.2, 0.25) is 0 Å². The second kappa shape index (κ2) is 7.25. The van der Waals surface area contributed by atoms with Crippen molar-refractivity contribution in [1.82, 2.24) is 0 Å². The highest BCUT2D eigenvalue weighted by molar-refractivity contribution is 4.90. The fourth-order valence-corrected chi connectivity index (χ4v) is 2.57. The smallest absolute Gasteiger partial charge is 0.106 e. The minimum absolute atomic E-state index is 0.347. The van der Waals surface area contributed by atoms with E-state index in [2.05, 4.69) is 0 Å². The van der Waals surface area contributed by atoms with Gasteiger partial charge in [0.15, 0.2) is 0 Å². The molecule has 3 heteroatoms. The van der Waals surface area contributed by atoms with Gasteiger partial charge in [0.2, 0.25) is 0 Å². The maximum Gasteiger partial charge on any atom is 0.106 e. The SMILES string of the molecule is CCOCC(O)C1(OCC)CCCCCC1. The monoisotopic (exact) mass is 230 g/mol. The topological polar surface area (TPSA) is 38.7 Å². The Labute approximate surface area is 99.1 Å². The van der Waals surface area contributed by atoms with Gasteiger partial charge < -0.3 is 14.6 Å². The summed E-state index contributed by atoms with van der Waals surface area (Å²) in [6.07, 6.45) is 6.29. The van der Waals surface area contributed by atoms with E-state index < -0.39 is 6.10 Å². The quantitative estimate of drug-likeness (QED) is 0.713. The summed E-state index contributed by atoms with van der Waals surface area (Å²) in [6, 6.07) is 0. The lowest BCUT2D eigenvalue weighted by molar-refractivity contribution is -0.148. The predicted octanol–water partition coefficient (Wildman–Crippen LogP) is 2.51. The maximum absolute atomic E-state index is 10.3.